The fraction of sp³-hybridized carbons (Fsp3) is 0.923. The van der Waals surface area contributed by atoms with Gasteiger partial charge in [-0.25, -0.2) is 4.79 Å². The number of carboxylic acid groups (broad SMARTS) is 1. The van der Waals surface area contributed by atoms with Crippen LogP contribution in [0.2, 0.25) is 14.8 Å². The van der Waals surface area contributed by atoms with Crippen LogP contribution in [0.5, 0.6) is 0 Å². The molecule has 1 radical (unpaired) electrons. The summed E-state index contributed by atoms with van der Waals surface area (Å²) in [4.78, 5) is 17.4. The Morgan fingerprint density at radius 1 is 1.28 bits per heavy atom. The van der Waals surface area contributed by atoms with Crippen molar-refractivity contribution < 1.29 is 15.0 Å². The molecular formula is C13H29O3SSn. The fourth-order valence-electron chi connectivity index (χ4n) is 1.20. The zero-order valence-electron chi connectivity index (χ0n) is 12.4. The summed E-state index contributed by atoms with van der Waals surface area (Å²) in [7, 11) is 0. The molecule has 0 heterocycles. The Balaban J connectivity index is 0. The number of aliphatic hydroxyl groups is 1. The van der Waals surface area contributed by atoms with Gasteiger partial charge in [-0.3, -0.25) is 0 Å². The molecule has 0 aliphatic rings. The second-order valence-electron chi connectivity index (χ2n) is 4.94. The molecule has 0 aliphatic heterocycles. The molecule has 0 saturated heterocycles. The zero-order chi connectivity index (χ0) is 14.6. The first kappa shape index (κ1) is 20.9. The van der Waals surface area contributed by atoms with Crippen LogP contribution in [0.4, 0.5) is 0 Å². The molecule has 109 valence electrons. The first-order chi connectivity index (χ1) is 8.34. The Labute approximate surface area is 123 Å². The van der Waals surface area contributed by atoms with Crippen LogP contribution < -0.4 is 0 Å². The molecule has 3 nitrogen and oxygen atoms in total. The third-order valence-corrected chi connectivity index (χ3v) is 3.43. The van der Waals surface area contributed by atoms with Gasteiger partial charge in [-0.2, -0.15) is 0 Å². The minimum atomic E-state index is -1.26. The minimum absolute atomic E-state index is 0.536. The monoisotopic (exact) mass is 385 g/mol. The Hall–Kier alpha value is 0.579. The summed E-state index contributed by atoms with van der Waals surface area (Å²) in [5.41, 5.74) is -1.26. The van der Waals surface area contributed by atoms with Crippen LogP contribution in [0.25, 0.3) is 0 Å². The molecule has 0 aliphatic carbocycles. The number of unbranched alkanes of at least 4 members (excludes halogenated alkanes) is 1. The Morgan fingerprint density at radius 2 is 1.78 bits per heavy atom. The Morgan fingerprint density at radius 3 is 2.11 bits per heavy atom. The van der Waals surface area contributed by atoms with Crippen molar-refractivity contribution in [2.24, 2.45) is 5.92 Å². The van der Waals surface area contributed by atoms with E-state index in [1.54, 1.807) is 0 Å². The molecule has 2 atom stereocenters. The van der Waals surface area contributed by atoms with E-state index in [9.17, 15) is 4.79 Å². The summed E-state index contributed by atoms with van der Waals surface area (Å²) in [5, 5.41) is 17.5. The van der Waals surface area contributed by atoms with E-state index < -0.39 is 31.2 Å². The van der Waals surface area contributed by atoms with E-state index in [1.165, 1.54) is 12.8 Å². The first-order valence-corrected chi connectivity index (χ1v) is 16.2. The number of hydrogen-bond donors (Lipinski definition) is 2. The molecule has 0 bridgehead atoms. The molecule has 2 N–H and O–H groups in total. The summed E-state index contributed by atoms with van der Waals surface area (Å²) < 4.78 is 0. The molecule has 5 heteroatoms. The van der Waals surface area contributed by atoms with Gasteiger partial charge in [0.1, 0.15) is 0 Å². The fourth-order valence-corrected chi connectivity index (χ4v) is 2.20. The van der Waals surface area contributed by atoms with E-state index in [4.69, 9.17) is 10.2 Å². The predicted molar refractivity (Wildman–Crippen MR) is 82.8 cm³/mol. The summed E-state index contributed by atoms with van der Waals surface area (Å²) in [6.07, 6.45) is 4.54. The third-order valence-electron chi connectivity index (χ3n) is 2.24. The van der Waals surface area contributed by atoms with Gasteiger partial charge in [-0.1, -0.05) is 33.1 Å². The van der Waals surface area contributed by atoms with E-state index in [-0.39, 0.29) is 0 Å². The summed E-state index contributed by atoms with van der Waals surface area (Å²) in [6.45, 7) is 4.25. The molecule has 0 spiro atoms. The van der Waals surface area contributed by atoms with Crippen LogP contribution in [0.3, 0.4) is 0 Å². The predicted octanol–water partition coefficient (Wildman–Crippen LogP) is 3.71. The van der Waals surface area contributed by atoms with Gasteiger partial charge in [0, 0.05) is 0 Å². The van der Waals surface area contributed by atoms with Crippen LogP contribution in [0, 0.1) is 5.92 Å². The van der Waals surface area contributed by atoms with Crippen LogP contribution in [-0.2, 0) is 4.79 Å². The van der Waals surface area contributed by atoms with E-state index in [2.05, 4.69) is 28.7 Å². The van der Waals surface area contributed by atoms with Crippen LogP contribution in [0.15, 0.2) is 0 Å². The van der Waals surface area contributed by atoms with Gasteiger partial charge in [-0.15, -0.1) is 11.8 Å². The second-order valence-corrected chi connectivity index (χ2v) is 14.6. The number of rotatable bonds is 8. The normalized spacial score (nSPS) is 13.7. The van der Waals surface area contributed by atoms with Gasteiger partial charge in [0.05, 0.1) is 0 Å². The molecule has 0 aromatic rings. The number of hydrogen-bond acceptors (Lipinski definition) is 3. The number of aliphatic hydroxyl groups excluding tert-OH is 1. The van der Waals surface area contributed by atoms with Crippen molar-refractivity contribution in [3.05, 3.63) is 0 Å². The average Bonchev–Trinajstić information content (AvgIpc) is 2.28. The molecule has 0 rings (SSSR count). The standard InChI is InChI=1S/C10H20O3S.3CH3.Sn/c1-3-5-6-8(4-2)7-14-10(13)9(11)12;;;;/h8,10,13H,3-7H2,1-2H3,(H,11,12);3*1H3;. The van der Waals surface area contributed by atoms with Gasteiger partial charge in [-0.05, 0) is 18.1 Å². The maximum absolute atomic E-state index is 10.3. The van der Waals surface area contributed by atoms with E-state index in [0.29, 0.717) is 5.92 Å². The quantitative estimate of drug-likeness (QED) is 0.495. The van der Waals surface area contributed by atoms with E-state index in [0.717, 1.165) is 30.4 Å². The molecule has 0 aromatic carbocycles. The number of carbonyl (C=O) groups is 1. The van der Waals surface area contributed by atoms with Crippen molar-refractivity contribution in [3.8, 4) is 0 Å². The van der Waals surface area contributed by atoms with E-state index in [1.807, 2.05) is 0 Å². The third kappa shape index (κ3) is 16.6. The zero-order valence-corrected chi connectivity index (χ0v) is 16.1. The van der Waals surface area contributed by atoms with Crippen LogP contribution in [-0.4, -0.2) is 47.1 Å². The van der Waals surface area contributed by atoms with Gasteiger partial charge >= 0.3 is 40.5 Å². The van der Waals surface area contributed by atoms with Gasteiger partial charge in [0.25, 0.3) is 0 Å². The SMILES string of the molecule is CCCCC(CC)CSC(O)C(=O)O.[CH3][Sn]([CH3])[CH3]. The Bertz CT molecular complexity index is 198. The number of thioether (sulfide) groups is 1. The van der Waals surface area contributed by atoms with Crippen LogP contribution >= 0.6 is 11.8 Å². The van der Waals surface area contributed by atoms with Crippen molar-refractivity contribution in [3.63, 3.8) is 0 Å². The molecule has 0 saturated carbocycles. The maximum atomic E-state index is 10.3. The van der Waals surface area contributed by atoms with E-state index >= 15 is 0 Å². The van der Waals surface area contributed by atoms with Gasteiger partial charge in [0.2, 0.25) is 0 Å². The molecule has 0 fully saturated rings. The van der Waals surface area contributed by atoms with Crippen molar-refractivity contribution in [2.45, 2.75) is 59.8 Å². The Kier molecular flexibility index (Phi) is 16.2. The summed E-state index contributed by atoms with van der Waals surface area (Å²) in [5.74, 6) is 0.138. The summed E-state index contributed by atoms with van der Waals surface area (Å²) in [6, 6.07) is 0. The molecule has 0 amide bonds. The molecule has 0 aromatic heterocycles. The van der Waals surface area contributed by atoms with Crippen molar-refractivity contribution in [1.29, 1.82) is 0 Å². The topological polar surface area (TPSA) is 57.5 Å². The van der Waals surface area contributed by atoms with Crippen molar-refractivity contribution >= 4 is 37.5 Å². The first-order valence-electron chi connectivity index (χ1n) is 6.64. The number of carboxylic acids is 1. The van der Waals surface area contributed by atoms with Gasteiger partial charge < -0.3 is 10.2 Å². The van der Waals surface area contributed by atoms with Crippen molar-refractivity contribution in [1.82, 2.24) is 0 Å². The summed E-state index contributed by atoms with van der Waals surface area (Å²) >= 11 is 0.580. The average molecular weight is 384 g/mol. The molecule has 18 heavy (non-hydrogen) atoms. The number of aliphatic carboxylic acids is 1. The van der Waals surface area contributed by atoms with Crippen LogP contribution in [0.1, 0.15) is 39.5 Å². The second kappa shape index (κ2) is 14.0. The molecule has 2 unspecified atom stereocenters. The molecular weight excluding hydrogens is 355 g/mol. The van der Waals surface area contributed by atoms with Crippen molar-refractivity contribution in [2.75, 3.05) is 5.75 Å². The van der Waals surface area contributed by atoms with Gasteiger partial charge in [0.15, 0.2) is 5.44 Å².